The van der Waals surface area contributed by atoms with Gasteiger partial charge in [-0.1, -0.05) is 35.0 Å². The minimum absolute atomic E-state index is 0.527. The largest absolute Gasteiger partial charge is 0.355 e. The van der Waals surface area contributed by atoms with Crippen molar-refractivity contribution in [3.8, 4) is 6.07 Å². The van der Waals surface area contributed by atoms with Crippen LogP contribution in [0, 0.1) is 11.3 Å². The van der Waals surface area contributed by atoms with E-state index in [0.717, 1.165) is 9.92 Å². The van der Waals surface area contributed by atoms with Gasteiger partial charge in [0.25, 0.3) is 0 Å². The number of benzene rings is 1. The number of hydrogen-bond acceptors (Lipinski definition) is 2. The second kappa shape index (κ2) is 4.84. The van der Waals surface area contributed by atoms with Crippen molar-refractivity contribution in [1.29, 1.82) is 5.26 Å². The van der Waals surface area contributed by atoms with Gasteiger partial charge in [0, 0.05) is 11.1 Å². The summed E-state index contributed by atoms with van der Waals surface area (Å²) in [7, 11) is 0. The second-order valence-electron chi connectivity index (χ2n) is 3.04. The zero-order chi connectivity index (χ0) is 11.5. The van der Waals surface area contributed by atoms with Crippen molar-refractivity contribution in [1.82, 2.24) is 4.98 Å². The van der Waals surface area contributed by atoms with Crippen molar-refractivity contribution in [2.24, 2.45) is 0 Å². The first kappa shape index (κ1) is 11.4. The number of aromatic nitrogens is 1. The predicted molar refractivity (Wildman–Crippen MR) is 66.1 cm³/mol. The normalized spacial score (nSPS) is 10.1. The number of rotatable bonds is 2. The van der Waals surface area contributed by atoms with Gasteiger partial charge in [-0.15, -0.1) is 0 Å². The maximum absolute atomic E-state index is 8.68. The maximum atomic E-state index is 8.68. The third kappa shape index (κ3) is 2.53. The standard InChI is InChI=1S/C11H6Cl2N2S/c12-9-2-1-8(4-10(9)13)16-11-3-7(5-14)6-15-11/h1-4,6,15H. The molecular weight excluding hydrogens is 263 g/mol. The zero-order valence-corrected chi connectivity index (χ0v) is 10.3. The molecule has 0 saturated carbocycles. The summed E-state index contributed by atoms with van der Waals surface area (Å²) < 4.78 is 0. The summed E-state index contributed by atoms with van der Waals surface area (Å²) in [6.45, 7) is 0. The number of nitriles is 1. The molecule has 1 aromatic heterocycles. The third-order valence-electron chi connectivity index (χ3n) is 1.90. The van der Waals surface area contributed by atoms with Gasteiger partial charge in [-0.3, -0.25) is 0 Å². The highest BCUT2D eigenvalue weighted by Crippen LogP contribution is 2.32. The van der Waals surface area contributed by atoms with Crippen molar-refractivity contribution < 1.29 is 0 Å². The molecule has 0 unspecified atom stereocenters. The fourth-order valence-corrected chi connectivity index (χ4v) is 2.40. The molecule has 0 aliphatic carbocycles. The van der Waals surface area contributed by atoms with E-state index in [9.17, 15) is 0 Å². The van der Waals surface area contributed by atoms with Crippen molar-refractivity contribution in [3.05, 3.63) is 46.1 Å². The van der Waals surface area contributed by atoms with Gasteiger partial charge in [-0.25, -0.2) is 0 Å². The topological polar surface area (TPSA) is 39.6 Å². The Hall–Kier alpha value is -1.08. The van der Waals surface area contributed by atoms with E-state index in [-0.39, 0.29) is 0 Å². The molecule has 0 aliphatic rings. The first-order valence-electron chi connectivity index (χ1n) is 4.40. The van der Waals surface area contributed by atoms with Crippen LogP contribution < -0.4 is 0 Å². The Kier molecular flexibility index (Phi) is 3.45. The average molecular weight is 269 g/mol. The lowest BCUT2D eigenvalue weighted by atomic mass is 10.4. The fourth-order valence-electron chi connectivity index (χ4n) is 1.16. The van der Waals surface area contributed by atoms with Crippen LogP contribution in [0.2, 0.25) is 10.0 Å². The molecule has 0 radical (unpaired) electrons. The number of halogens is 2. The Balaban J connectivity index is 2.21. The van der Waals surface area contributed by atoms with Gasteiger partial charge in [-0.2, -0.15) is 5.26 Å². The molecule has 2 aromatic rings. The van der Waals surface area contributed by atoms with E-state index in [1.807, 2.05) is 6.07 Å². The maximum Gasteiger partial charge on any atom is 0.101 e. The highest BCUT2D eigenvalue weighted by molar-refractivity contribution is 7.99. The molecule has 0 saturated heterocycles. The summed E-state index contributed by atoms with van der Waals surface area (Å²) in [5.41, 5.74) is 0.613. The van der Waals surface area contributed by atoms with Crippen LogP contribution >= 0.6 is 35.0 Å². The molecule has 0 fully saturated rings. The molecule has 0 atom stereocenters. The van der Waals surface area contributed by atoms with Crippen LogP contribution in [0.1, 0.15) is 5.56 Å². The van der Waals surface area contributed by atoms with Crippen molar-refractivity contribution in [2.75, 3.05) is 0 Å². The molecule has 16 heavy (non-hydrogen) atoms. The smallest absolute Gasteiger partial charge is 0.101 e. The first-order valence-corrected chi connectivity index (χ1v) is 5.97. The van der Waals surface area contributed by atoms with Crippen molar-refractivity contribution >= 4 is 35.0 Å². The molecule has 1 heterocycles. The van der Waals surface area contributed by atoms with Gasteiger partial charge in [-0.05, 0) is 24.3 Å². The van der Waals surface area contributed by atoms with Crippen molar-refractivity contribution in [3.63, 3.8) is 0 Å². The highest BCUT2D eigenvalue weighted by atomic mass is 35.5. The SMILES string of the molecule is N#Cc1c[nH]c(Sc2ccc(Cl)c(Cl)c2)c1. The molecule has 0 aliphatic heterocycles. The van der Waals surface area contributed by atoms with Crippen LogP contribution in [0.5, 0.6) is 0 Å². The van der Waals surface area contributed by atoms with Gasteiger partial charge in [0.05, 0.1) is 20.6 Å². The number of hydrogen-bond donors (Lipinski definition) is 1. The summed E-state index contributed by atoms with van der Waals surface area (Å²) in [5, 5.41) is 10.6. The van der Waals surface area contributed by atoms with Crippen LogP contribution in [0.25, 0.3) is 0 Å². The molecular formula is C11H6Cl2N2S. The summed E-state index contributed by atoms with van der Waals surface area (Å²) in [6, 6.07) is 9.27. The molecule has 2 nitrogen and oxygen atoms in total. The molecule has 5 heteroatoms. The van der Waals surface area contributed by atoms with Crippen LogP contribution in [0.4, 0.5) is 0 Å². The summed E-state index contributed by atoms with van der Waals surface area (Å²) in [5.74, 6) is 0. The Morgan fingerprint density at radius 2 is 2.00 bits per heavy atom. The Morgan fingerprint density at radius 1 is 1.19 bits per heavy atom. The predicted octanol–water partition coefficient (Wildman–Crippen LogP) is 4.34. The van der Waals surface area contributed by atoms with E-state index in [1.54, 1.807) is 24.4 Å². The fraction of sp³-hybridized carbons (Fsp3) is 0. The third-order valence-corrected chi connectivity index (χ3v) is 3.59. The minimum Gasteiger partial charge on any atom is -0.355 e. The molecule has 1 aromatic carbocycles. The van der Waals surface area contributed by atoms with Gasteiger partial charge in [0.1, 0.15) is 6.07 Å². The quantitative estimate of drug-likeness (QED) is 0.880. The molecule has 0 bridgehead atoms. The molecule has 1 N–H and O–H groups in total. The number of nitrogens with zero attached hydrogens (tertiary/aromatic N) is 1. The van der Waals surface area contributed by atoms with E-state index in [2.05, 4.69) is 11.1 Å². The molecule has 2 rings (SSSR count). The first-order chi connectivity index (χ1) is 7.69. The lowest BCUT2D eigenvalue weighted by Gasteiger charge is -2.00. The minimum atomic E-state index is 0.527. The Morgan fingerprint density at radius 3 is 2.62 bits per heavy atom. The van der Waals surface area contributed by atoms with Crippen LogP contribution in [-0.2, 0) is 0 Å². The van der Waals surface area contributed by atoms with Gasteiger partial charge >= 0.3 is 0 Å². The highest BCUT2D eigenvalue weighted by Gasteiger charge is 2.03. The van der Waals surface area contributed by atoms with Gasteiger partial charge in [0.2, 0.25) is 0 Å². The average Bonchev–Trinajstić information content (AvgIpc) is 2.71. The van der Waals surface area contributed by atoms with Crippen LogP contribution in [-0.4, -0.2) is 4.98 Å². The molecule has 0 spiro atoms. The monoisotopic (exact) mass is 268 g/mol. The Bertz CT molecular complexity index is 557. The van der Waals surface area contributed by atoms with Crippen LogP contribution in [0.15, 0.2) is 40.4 Å². The Labute approximate surface area is 107 Å². The van der Waals surface area contributed by atoms with E-state index in [4.69, 9.17) is 28.5 Å². The molecule has 0 amide bonds. The summed E-state index contributed by atoms with van der Waals surface area (Å²) >= 11 is 13.2. The van der Waals surface area contributed by atoms with Gasteiger partial charge in [0.15, 0.2) is 0 Å². The molecule has 80 valence electrons. The van der Waals surface area contributed by atoms with E-state index in [0.29, 0.717) is 15.6 Å². The van der Waals surface area contributed by atoms with Crippen molar-refractivity contribution in [2.45, 2.75) is 9.92 Å². The van der Waals surface area contributed by atoms with Crippen LogP contribution in [0.3, 0.4) is 0 Å². The summed E-state index contributed by atoms with van der Waals surface area (Å²) in [4.78, 5) is 3.98. The number of nitrogens with one attached hydrogen (secondary N) is 1. The van der Waals surface area contributed by atoms with E-state index in [1.165, 1.54) is 11.8 Å². The zero-order valence-electron chi connectivity index (χ0n) is 8.00. The van der Waals surface area contributed by atoms with Gasteiger partial charge < -0.3 is 4.98 Å². The lowest BCUT2D eigenvalue weighted by molar-refractivity contribution is 1.20. The van der Waals surface area contributed by atoms with E-state index >= 15 is 0 Å². The lowest BCUT2D eigenvalue weighted by Crippen LogP contribution is -1.74. The second-order valence-corrected chi connectivity index (χ2v) is 4.97. The van der Waals surface area contributed by atoms with E-state index < -0.39 is 0 Å². The number of aromatic amines is 1. The summed E-state index contributed by atoms with van der Waals surface area (Å²) in [6.07, 6.45) is 1.67. The number of H-pyrrole nitrogens is 1.